The molecule has 0 spiro atoms. The van der Waals surface area contributed by atoms with Gasteiger partial charge in [-0.25, -0.2) is 0 Å². The summed E-state index contributed by atoms with van der Waals surface area (Å²) in [4.78, 5) is 7.38. The van der Waals surface area contributed by atoms with Crippen LogP contribution in [0.2, 0.25) is 0 Å². The Morgan fingerprint density at radius 1 is 1.22 bits per heavy atom. The van der Waals surface area contributed by atoms with Crippen molar-refractivity contribution in [2.24, 2.45) is 4.99 Å². The molecule has 0 saturated carbocycles. The summed E-state index contributed by atoms with van der Waals surface area (Å²) in [6.45, 7) is 10.4. The van der Waals surface area contributed by atoms with Crippen molar-refractivity contribution in [3.8, 4) is 5.75 Å². The molecule has 2 aliphatic rings. The number of benzene rings is 1. The van der Waals surface area contributed by atoms with Gasteiger partial charge in [-0.2, -0.15) is 0 Å². The Balaban J connectivity index is 1.51. The van der Waals surface area contributed by atoms with Gasteiger partial charge >= 0.3 is 0 Å². The van der Waals surface area contributed by atoms with Crippen LogP contribution in [0.25, 0.3) is 0 Å². The summed E-state index contributed by atoms with van der Waals surface area (Å²) < 4.78 is 22.4. The molecule has 2 aliphatic heterocycles. The second-order valence-corrected chi connectivity index (χ2v) is 8.64. The van der Waals surface area contributed by atoms with Crippen LogP contribution in [0.15, 0.2) is 29.3 Å². The number of nitrogens with zero attached hydrogens (tertiary/aromatic N) is 2. The highest BCUT2D eigenvalue weighted by Crippen LogP contribution is 2.22. The second kappa shape index (κ2) is 13.6. The first kappa shape index (κ1) is 24.8. The molecule has 1 aromatic rings. The molecule has 2 N–H and O–H groups in total. The lowest BCUT2D eigenvalue weighted by Crippen LogP contribution is -2.47. The molecule has 32 heavy (non-hydrogen) atoms. The van der Waals surface area contributed by atoms with Gasteiger partial charge in [-0.1, -0.05) is 0 Å². The van der Waals surface area contributed by atoms with Crippen molar-refractivity contribution >= 4 is 11.6 Å². The minimum atomic E-state index is 0.141. The Labute approximate surface area is 192 Å². The van der Waals surface area contributed by atoms with E-state index in [1.807, 2.05) is 38.1 Å². The zero-order valence-electron chi connectivity index (χ0n) is 19.8. The van der Waals surface area contributed by atoms with Crippen LogP contribution in [0.1, 0.15) is 33.1 Å². The highest BCUT2D eigenvalue weighted by Gasteiger charge is 2.32. The first-order chi connectivity index (χ1) is 15.6. The number of guanidine groups is 1. The van der Waals surface area contributed by atoms with E-state index in [2.05, 4.69) is 15.5 Å². The lowest BCUT2D eigenvalue weighted by Gasteiger charge is -2.34. The molecule has 1 aromatic carbocycles. The van der Waals surface area contributed by atoms with E-state index in [0.717, 1.165) is 43.5 Å². The van der Waals surface area contributed by atoms with Gasteiger partial charge in [-0.05, 0) is 63.9 Å². The third-order valence-corrected chi connectivity index (χ3v) is 5.59. The van der Waals surface area contributed by atoms with Gasteiger partial charge in [0.2, 0.25) is 0 Å². The standard InChI is InChI=1S/C24H40N4O4/c1-19(2)32-22-9-7-20(8-10-22)27-24(25-11-5-13-30-15-14-29-3)26-16-23-17-28-12-4-6-21(28)18-31-23/h7-10,19,21,23H,4-6,11-18H2,1-3H3,(H2,25,26,27). The molecule has 3 rings (SSSR count). The highest BCUT2D eigenvalue weighted by molar-refractivity contribution is 5.93. The average molecular weight is 449 g/mol. The van der Waals surface area contributed by atoms with Crippen LogP contribution < -0.4 is 15.4 Å². The number of ether oxygens (including phenoxy) is 4. The molecule has 2 heterocycles. The van der Waals surface area contributed by atoms with Gasteiger partial charge in [0.25, 0.3) is 0 Å². The summed E-state index contributed by atoms with van der Waals surface area (Å²) in [6, 6.07) is 8.57. The maximum Gasteiger partial charge on any atom is 0.195 e. The molecule has 180 valence electrons. The number of morpholine rings is 1. The Morgan fingerprint density at radius 3 is 2.84 bits per heavy atom. The predicted octanol–water partition coefficient (Wildman–Crippen LogP) is 2.75. The molecule has 2 saturated heterocycles. The van der Waals surface area contributed by atoms with Crippen LogP contribution in [-0.2, 0) is 14.2 Å². The monoisotopic (exact) mass is 448 g/mol. The average Bonchev–Trinajstić information content (AvgIpc) is 3.25. The molecule has 8 heteroatoms. The third kappa shape index (κ3) is 8.58. The molecule has 2 fully saturated rings. The quantitative estimate of drug-likeness (QED) is 0.289. The Bertz CT molecular complexity index is 683. The molecule has 2 atom stereocenters. The zero-order chi connectivity index (χ0) is 22.6. The van der Waals surface area contributed by atoms with Gasteiger partial charge in [-0.3, -0.25) is 9.89 Å². The lowest BCUT2D eigenvalue weighted by molar-refractivity contribution is -0.0431. The number of nitrogens with one attached hydrogen (secondary N) is 2. The normalized spacial score (nSPS) is 21.6. The van der Waals surface area contributed by atoms with Gasteiger partial charge in [0.15, 0.2) is 5.96 Å². The smallest absolute Gasteiger partial charge is 0.195 e. The maximum atomic E-state index is 6.07. The van der Waals surface area contributed by atoms with E-state index in [1.54, 1.807) is 7.11 Å². The van der Waals surface area contributed by atoms with E-state index >= 15 is 0 Å². The van der Waals surface area contributed by atoms with E-state index in [1.165, 1.54) is 19.4 Å². The first-order valence-electron chi connectivity index (χ1n) is 11.9. The maximum absolute atomic E-state index is 6.07. The van der Waals surface area contributed by atoms with E-state index in [4.69, 9.17) is 23.9 Å². The van der Waals surface area contributed by atoms with E-state index in [0.29, 0.717) is 32.4 Å². The van der Waals surface area contributed by atoms with Crippen LogP contribution in [0.4, 0.5) is 5.69 Å². The second-order valence-electron chi connectivity index (χ2n) is 8.64. The molecular formula is C24H40N4O4. The Kier molecular flexibility index (Phi) is 10.5. The van der Waals surface area contributed by atoms with E-state index < -0.39 is 0 Å². The molecule has 0 radical (unpaired) electrons. The van der Waals surface area contributed by atoms with Crippen LogP contribution >= 0.6 is 0 Å². The SMILES string of the molecule is COCCOCCCNC(=NCC1CN2CCCC2CO1)Nc1ccc(OC(C)C)cc1. The summed E-state index contributed by atoms with van der Waals surface area (Å²) in [6.07, 6.45) is 3.72. The number of methoxy groups -OCH3 is 1. The van der Waals surface area contributed by atoms with Crippen LogP contribution in [-0.4, -0.2) is 88.8 Å². The fourth-order valence-electron chi connectivity index (χ4n) is 3.98. The molecule has 0 amide bonds. The van der Waals surface area contributed by atoms with E-state index in [-0.39, 0.29) is 12.2 Å². The van der Waals surface area contributed by atoms with Gasteiger partial charge in [0, 0.05) is 38.5 Å². The summed E-state index contributed by atoms with van der Waals surface area (Å²) in [7, 11) is 1.68. The highest BCUT2D eigenvalue weighted by atomic mass is 16.5. The van der Waals surface area contributed by atoms with Crippen LogP contribution in [0.3, 0.4) is 0 Å². The van der Waals surface area contributed by atoms with Crippen molar-refractivity contribution in [2.75, 3.05) is 65.0 Å². The summed E-state index contributed by atoms with van der Waals surface area (Å²) in [5.41, 5.74) is 0.966. The minimum absolute atomic E-state index is 0.141. The minimum Gasteiger partial charge on any atom is -0.491 e. The Hall–Kier alpha value is -1.87. The van der Waals surface area contributed by atoms with Crippen molar-refractivity contribution in [2.45, 2.75) is 51.4 Å². The van der Waals surface area contributed by atoms with Gasteiger partial charge in [-0.15, -0.1) is 0 Å². The number of aliphatic imine (C=N–C) groups is 1. The number of hydrogen-bond donors (Lipinski definition) is 2. The van der Waals surface area contributed by atoms with Crippen molar-refractivity contribution in [3.63, 3.8) is 0 Å². The largest absolute Gasteiger partial charge is 0.491 e. The lowest BCUT2D eigenvalue weighted by atomic mass is 10.2. The van der Waals surface area contributed by atoms with E-state index in [9.17, 15) is 0 Å². The van der Waals surface area contributed by atoms with Crippen molar-refractivity contribution in [3.05, 3.63) is 24.3 Å². The van der Waals surface area contributed by atoms with Crippen LogP contribution in [0.5, 0.6) is 5.75 Å². The van der Waals surface area contributed by atoms with Crippen LogP contribution in [0, 0.1) is 0 Å². The number of rotatable bonds is 12. The summed E-state index contributed by atoms with van der Waals surface area (Å²) >= 11 is 0. The molecule has 2 unspecified atom stereocenters. The molecule has 8 nitrogen and oxygen atoms in total. The summed E-state index contributed by atoms with van der Waals surface area (Å²) in [5, 5.41) is 6.83. The molecule has 0 aliphatic carbocycles. The number of fused-ring (bicyclic) bond motifs is 1. The molecular weight excluding hydrogens is 408 g/mol. The predicted molar refractivity (Wildman–Crippen MR) is 128 cm³/mol. The number of hydrogen-bond acceptors (Lipinski definition) is 6. The third-order valence-electron chi connectivity index (χ3n) is 5.59. The van der Waals surface area contributed by atoms with Crippen molar-refractivity contribution in [1.29, 1.82) is 0 Å². The van der Waals surface area contributed by atoms with Gasteiger partial charge < -0.3 is 29.6 Å². The van der Waals surface area contributed by atoms with Gasteiger partial charge in [0.1, 0.15) is 5.75 Å². The van der Waals surface area contributed by atoms with Gasteiger partial charge in [0.05, 0.1) is 38.6 Å². The number of anilines is 1. The van der Waals surface area contributed by atoms with Crippen molar-refractivity contribution < 1.29 is 18.9 Å². The summed E-state index contributed by atoms with van der Waals surface area (Å²) in [5.74, 6) is 1.62. The fourth-order valence-corrected chi connectivity index (χ4v) is 3.98. The Morgan fingerprint density at radius 2 is 2.06 bits per heavy atom. The topological polar surface area (TPSA) is 76.6 Å². The molecule has 0 bridgehead atoms. The first-order valence-corrected chi connectivity index (χ1v) is 11.9. The van der Waals surface area contributed by atoms with Crippen molar-refractivity contribution in [1.82, 2.24) is 10.2 Å². The fraction of sp³-hybridized carbons (Fsp3) is 0.708. The molecule has 0 aromatic heterocycles. The zero-order valence-corrected chi connectivity index (χ0v) is 19.8.